The summed E-state index contributed by atoms with van der Waals surface area (Å²) in [6, 6.07) is 4.95. The molecule has 1 aromatic carbocycles. The summed E-state index contributed by atoms with van der Waals surface area (Å²) in [7, 11) is 0. The second-order valence-electron chi connectivity index (χ2n) is 7.51. The molecule has 0 heterocycles. The lowest BCUT2D eigenvalue weighted by molar-refractivity contribution is 0.201. The van der Waals surface area contributed by atoms with Gasteiger partial charge >= 0.3 is 0 Å². The lowest BCUT2D eigenvalue weighted by Gasteiger charge is -2.24. The number of benzene rings is 1. The van der Waals surface area contributed by atoms with Gasteiger partial charge in [0.1, 0.15) is 0 Å². The van der Waals surface area contributed by atoms with Crippen molar-refractivity contribution in [3.05, 3.63) is 29.6 Å². The summed E-state index contributed by atoms with van der Waals surface area (Å²) in [5.74, 6) is 0.804. The minimum atomic E-state index is -0.258. The van der Waals surface area contributed by atoms with E-state index >= 15 is 0 Å². The first kappa shape index (κ1) is 25.8. The lowest BCUT2D eigenvalue weighted by atomic mass is 9.97. The predicted molar refractivity (Wildman–Crippen MR) is 117 cm³/mol. The van der Waals surface area contributed by atoms with Gasteiger partial charge in [0, 0.05) is 8.39 Å². The van der Waals surface area contributed by atoms with Crippen LogP contribution in [0.5, 0.6) is 5.75 Å². The van der Waals surface area contributed by atoms with E-state index in [0.29, 0.717) is 18.3 Å². The van der Waals surface area contributed by atoms with Gasteiger partial charge in [0.05, 0.1) is 13.3 Å². The summed E-state index contributed by atoms with van der Waals surface area (Å²) in [5, 5.41) is 11.7. The molecule has 5 heteroatoms. The van der Waals surface area contributed by atoms with Gasteiger partial charge in [-0.25, -0.2) is 4.39 Å². The van der Waals surface area contributed by atoms with E-state index in [0.717, 1.165) is 24.9 Å². The van der Waals surface area contributed by atoms with Gasteiger partial charge in [-0.05, 0) is 76.6 Å². The zero-order valence-electron chi connectivity index (χ0n) is 18.0. The molecule has 0 aromatic heterocycles. The predicted octanol–water partition coefficient (Wildman–Crippen LogP) is 5.26. The van der Waals surface area contributed by atoms with Gasteiger partial charge in [0.15, 0.2) is 11.6 Å². The quantitative estimate of drug-likeness (QED) is 0.377. The van der Waals surface area contributed by atoms with Gasteiger partial charge < -0.3 is 15.6 Å². The Morgan fingerprint density at radius 1 is 1.26 bits per heavy atom. The standard InChI is InChI=1S/C11H13FO.C9H22N2O.C2H6.2H2/c1-8-2-5-10(12)11(6-8)13-7-9-3-4-9;1-9(2,11-8-12)6-4-3-5-7-10;1-2;;/h2,5-6,9H,3-4,7H2,1H3;11-12H,3-8,10H2,1-2H3;1-2H3;2*1H. The summed E-state index contributed by atoms with van der Waals surface area (Å²) in [6.45, 7) is 11.7. The van der Waals surface area contributed by atoms with E-state index in [4.69, 9.17) is 15.6 Å². The molecule has 0 saturated heterocycles. The largest absolute Gasteiger partial charge is 0.490 e. The fraction of sp³-hybridized carbons (Fsp3) is 0.727. The van der Waals surface area contributed by atoms with Crippen LogP contribution in [-0.2, 0) is 0 Å². The summed E-state index contributed by atoms with van der Waals surface area (Å²) >= 11 is 0. The van der Waals surface area contributed by atoms with Crippen molar-refractivity contribution in [2.45, 2.75) is 78.7 Å². The maximum atomic E-state index is 13.1. The van der Waals surface area contributed by atoms with Crippen LogP contribution >= 0.6 is 0 Å². The summed E-state index contributed by atoms with van der Waals surface area (Å²) in [5.41, 5.74) is 6.47. The maximum absolute atomic E-state index is 13.1. The number of ether oxygens (including phenoxy) is 1. The second kappa shape index (κ2) is 14.8. The summed E-state index contributed by atoms with van der Waals surface area (Å²) in [6.07, 6.45) is 7.02. The molecule has 0 aliphatic heterocycles. The van der Waals surface area contributed by atoms with Crippen LogP contribution in [0.1, 0.15) is 74.6 Å². The van der Waals surface area contributed by atoms with Crippen LogP contribution < -0.4 is 15.8 Å². The maximum Gasteiger partial charge on any atom is 0.165 e. The molecule has 4 N–H and O–H groups in total. The molecular formula is C22H45FN2O2. The molecule has 1 aliphatic carbocycles. The minimum absolute atomic E-state index is 0. The van der Waals surface area contributed by atoms with Crippen molar-refractivity contribution < 1.29 is 17.1 Å². The highest BCUT2D eigenvalue weighted by molar-refractivity contribution is 5.29. The molecule has 0 atom stereocenters. The average molecular weight is 389 g/mol. The molecule has 1 aromatic rings. The molecule has 0 amide bonds. The molecule has 27 heavy (non-hydrogen) atoms. The van der Waals surface area contributed by atoms with E-state index in [-0.39, 0.29) is 20.9 Å². The number of nitrogens with two attached hydrogens (primary N) is 1. The third-order valence-corrected chi connectivity index (χ3v) is 4.32. The third-order valence-electron chi connectivity index (χ3n) is 4.32. The Balaban J connectivity index is -0.000000405. The van der Waals surface area contributed by atoms with Crippen LogP contribution in [0.3, 0.4) is 0 Å². The Kier molecular flexibility index (Phi) is 14.2. The van der Waals surface area contributed by atoms with Crippen molar-refractivity contribution in [3.8, 4) is 5.75 Å². The first-order chi connectivity index (χ1) is 12.9. The number of hydrogen-bond donors (Lipinski definition) is 3. The molecule has 0 unspecified atom stereocenters. The molecule has 4 nitrogen and oxygen atoms in total. The van der Waals surface area contributed by atoms with Crippen LogP contribution in [-0.4, -0.2) is 30.5 Å². The van der Waals surface area contributed by atoms with Crippen LogP contribution in [0.15, 0.2) is 18.2 Å². The Morgan fingerprint density at radius 2 is 1.93 bits per heavy atom. The van der Waals surface area contributed by atoms with Crippen molar-refractivity contribution in [1.29, 1.82) is 0 Å². The Bertz CT molecular complexity index is 502. The average Bonchev–Trinajstić information content (AvgIpc) is 3.46. The van der Waals surface area contributed by atoms with E-state index in [1.807, 2.05) is 20.8 Å². The lowest BCUT2D eigenvalue weighted by Crippen LogP contribution is -2.39. The molecule has 0 radical (unpaired) electrons. The monoisotopic (exact) mass is 388 g/mol. The van der Waals surface area contributed by atoms with E-state index in [1.54, 1.807) is 12.1 Å². The molecule has 2 rings (SSSR count). The van der Waals surface area contributed by atoms with Crippen molar-refractivity contribution >= 4 is 0 Å². The summed E-state index contributed by atoms with van der Waals surface area (Å²) in [4.78, 5) is 0. The highest BCUT2D eigenvalue weighted by atomic mass is 19.1. The SMILES string of the molecule is CC.CC(C)(CCCCCN)NCO.Cc1ccc(F)c(OCC2CC2)c1.[HH].[HH]. The molecular weight excluding hydrogens is 343 g/mol. The normalized spacial score (nSPS) is 13.2. The molecule has 0 spiro atoms. The highest BCUT2D eigenvalue weighted by Crippen LogP contribution is 2.30. The smallest absolute Gasteiger partial charge is 0.165 e. The Hall–Kier alpha value is -1.17. The number of aliphatic hydroxyl groups excluding tert-OH is 1. The van der Waals surface area contributed by atoms with Gasteiger partial charge in [-0.1, -0.05) is 32.8 Å². The van der Waals surface area contributed by atoms with Gasteiger partial charge in [-0.15, -0.1) is 0 Å². The van der Waals surface area contributed by atoms with E-state index in [1.165, 1.54) is 31.7 Å². The van der Waals surface area contributed by atoms with Crippen LogP contribution in [0.2, 0.25) is 0 Å². The zero-order valence-corrected chi connectivity index (χ0v) is 18.0. The fourth-order valence-electron chi connectivity index (χ4n) is 2.40. The van der Waals surface area contributed by atoms with Gasteiger partial charge in [-0.2, -0.15) is 0 Å². The van der Waals surface area contributed by atoms with E-state index in [2.05, 4.69) is 19.2 Å². The number of aryl methyl sites for hydroxylation is 1. The topological polar surface area (TPSA) is 67.5 Å². The molecule has 1 fully saturated rings. The van der Waals surface area contributed by atoms with Crippen LogP contribution in [0, 0.1) is 18.7 Å². The molecule has 0 bridgehead atoms. The molecule has 1 saturated carbocycles. The van der Waals surface area contributed by atoms with Crippen molar-refractivity contribution in [3.63, 3.8) is 0 Å². The third kappa shape index (κ3) is 13.6. The van der Waals surface area contributed by atoms with Crippen molar-refractivity contribution in [2.24, 2.45) is 11.7 Å². The number of aliphatic hydroxyl groups is 1. The van der Waals surface area contributed by atoms with Crippen molar-refractivity contribution in [2.75, 3.05) is 19.9 Å². The van der Waals surface area contributed by atoms with Crippen LogP contribution in [0.4, 0.5) is 4.39 Å². The van der Waals surface area contributed by atoms with Gasteiger partial charge in [0.25, 0.3) is 0 Å². The fourth-order valence-corrected chi connectivity index (χ4v) is 2.40. The number of hydrogen-bond acceptors (Lipinski definition) is 4. The first-order valence-electron chi connectivity index (χ1n) is 10.3. The van der Waals surface area contributed by atoms with Crippen LogP contribution in [0.25, 0.3) is 0 Å². The number of halogens is 1. The minimum Gasteiger partial charge on any atom is -0.490 e. The van der Waals surface area contributed by atoms with Gasteiger partial charge in [0.2, 0.25) is 0 Å². The molecule has 162 valence electrons. The van der Waals surface area contributed by atoms with Crippen molar-refractivity contribution in [1.82, 2.24) is 5.32 Å². The zero-order chi connectivity index (χ0) is 20.7. The highest BCUT2D eigenvalue weighted by Gasteiger charge is 2.22. The number of nitrogens with one attached hydrogen (secondary N) is 1. The summed E-state index contributed by atoms with van der Waals surface area (Å²) < 4.78 is 18.5. The molecule has 1 aliphatic rings. The van der Waals surface area contributed by atoms with E-state index in [9.17, 15) is 4.39 Å². The number of unbranched alkanes of at least 4 members (excludes halogenated alkanes) is 2. The second-order valence-corrected chi connectivity index (χ2v) is 7.51. The Labute approximate surface area is 168 Å². The van der Waals surface area contributed by atoms with E-state index < -0.39 is 0 Å². The number of rotatable bonds is 10. The Morgan fingerprint density at radius 3 is 2.48 bits per heavy atom. The first-order valence-corrected chi connectivity index (χ1v) is 10.3. The van der Waals surface area contributed by atoms with Gasteiger partial charge in [-0.3, -0.25) is 5.32 Å².